The number of ether oxygens (including phenoxy) is 1. The van der Waals surface area contributed by atoms with E-state index in [4.69, 9.17) is 4.74 Å². The van der Waals surface area contributed by atoms with Gasteiger partial charge in [0, 0.05) is 37.0 Å². The van der Waals surface area contributed by atoms with Gasteiger partial charge in [0.05, 0.1) is 5.69 Å². The largest absolute Gasteiger partial charge is 0.504 e. The van der Waals surface area contributed by atoms with Gasteiger partial charge in [-0.25, -0.2) is 0 Å². The second-order valence-electron chi connectivity index (χ2n) is 6.93. The molecular formula is C21H24N2O2. The zero-order valence-corrected chi connectivity index (χ0v) is 14.4. The van der Waals surface area contributed by atoms with E-state index in [9.17, 15) is 5.11 Å². The molecule has 1 aliphatic heterocycles. The second-order valence-corrected chi connectivity index (χ2v) is 6.93. The van der Waals surface area contributed by atoms with Crippen molar-refractivity contribution in [3.8, 4) is 22.8 Å². The summed E-state index contributed by atoms with van der Waals surface area (Å²) in [7, 11) is 0. The Hall–Kier alpha value is -2.33. The number of pyridine rings is 1. The maximum atomic E-state index is 10.5. The van der Waals surface area contributed by atoms with Crippen LogP contribution in [-0.2, 0) is 6.54 Å². The number of rotatable bonds is 3. The molecule has 0 unspecified atom stereocenters. The first-order valence-corrected chi connectivity index (χ1v) is 9.07. The third-order valence-electron chi connectivity index (χ3n) is 5.05. The van der Waals surface area contributed by atoms with Gasteiger partial charge in [-0.05, 0) is 49.4 Å². The molecular weight excluding hydrogens is 312 g/mol. The lowest BCUT2D eigenvalue weighted by Gasteiger charge is -2.26. The normalized spacial score (nSPS) is 20.6. The van der Waals surface area contributed by atoms with Crippen LogP contribution in [0.15, 0.2) is 48.7 Å². The minimum atomic E-state index is 0.209. The summed E-state index contributed by atoms with van der Waals surface area (Å²) in [6, 6.07) is 9.69. The topological polar surface area (TPSA) is 45.6 Å². The van der Waals surface area contributed by atoms with Crippen molar-refractivity contribution in [2.24, 2.45) is 5.92 Å². The van der Waals surface area contributed by atoms with Gasteiger partial charge in [-0.2, -0.15) is 0 Å². The zero-order chi connectivity index (χ0) is 17.1. The second kappa shape index (κ2) is 7.28. The molecule has 0 radical (unpaired) electrons. The average Bonchev–Trinajstić information content (AvgIpc) is 2.85. The Morgan fingerprint density at radius 1 is 1.24 bits per heavy atom. The molecule has 4 rings (SSSR count). The van der Waals surface area contributed by atoms with Gasteiger partial charge in [-0.15, -0.1) is 0 Å². The van der Waals surface area contributed by atoms with Crippen LogP contribution in [0.2, 0.25) is 0 Å². The summed E-state index contributed by atoms with van der Waals surface area (Å²) in [6.45, 7) is 3.41. The number of fused-ring (bicyclic) bond motifs is 1. The first-order chi connectivity index (χ1) is 12.3. The molecule has 0 bridgehead atoms. The Morgan fingerprint density at radius 3 is 3.00 bits per heavy atom. The molecule has 0 amide bonds. The van der Waals surface area contributed by atoms with Gasteiger partial charge in [0.1, 0.15) is 6.61 Å². The van der Waals surface area contributed by atoms with Crippen LogP contribution in [0.5, 0.6) is 11.5 Å². The van der Waals surface area contributed by atoms with E-state index in [1.54, 1.807) is 12.3 Å². The van der Waals surface area contributed by atoms with Gasteiger partial charge in [0.2, 0.25) is 0 Å². The standard InChI is InChI=1S/C21H24N2O2/c24-20-13-17(19-8-4-5-9-22-19)12-18-15-23(10-11-25-21(18)20)14-16-6-2-1-3-7-16/h1-2,4-5,8-9,12-13,16,24H,3,6-7,10-11,14-15H2/t16-/m0/s1. The first kappa shape index (κ1) is 16.2. The molecule has 1 aromatic heterocycles. The molecule has 2 aliphatic rings. The van der Waals surface area contributed by atoms with Crippen LogP contribution in [0.1, 0.15) is 24.8 Å². The Balaban J connectivity index is 1.58. The molecule has 1 aliphatic carbocycles. The van der Waals surface area contributed by atoms with Crippen molar-refractivity contribution in [2.45, 2.75) is 25.8 Å². The number of hydrogen-bond donors (Lipinski definition) is 1. The summed E-state index contributed by atoms with van der Waals surface area (Å²) in [4.78, 5) is 6.86. The number of phenols is 1. The van der Waals surface area contributed by atoms with E-state index in [-0.39, 0.29) is 5.75 Å². The quantitative estimate of drug-likeness (QED) is 0.861. The van der Waals surface area contributed by atoms with Gasteiger partial charge in [0.25, 0.3) is 0 Å². The zero-order valence-electron chi connectivity index (χ0n) is 14.4. The van der Waals surface area contributed by atoms with E-state index in [0.717, 1.165) is 42.4 Å². The summed E-state index contributed by atoms with van der Waals surface area (Å²) < 4.78 is 5.86. The average molecular weight is 336 g/mol. The molecule has 1 aromatic carbocycles. The van der Waals surface area contributed by atoms with Crippen molar-refractivity contribution in [1.29, 1.82) is 0 Å². The predicted octanol–water partition coefficient (Wildman–Crippen LogP) is 4.00. The Morgan fingerprint density at radius 2 is 2.20 bits per heavy atom. The van der Waals surface area contributed by atoms with E-state index < -0.39 is 0 Å². The minimum absolute atomic E-state index is 0.209. The number of hydrogen-bond acceptors (Lipinski definition) is 4. The molecule has 0 saturated heterocycles. The molecule has 130 valence electrons. The van der Waals surface area contributed by atoms with E-state index >= 15 is 0 Å². The van der Waals surface area contributed by atoms with Crippen LogP contribution < -0.4 is 4.74 Å². The fourth-order valence-electron chi connectivity index (χ4n) is 3.78. The fraction of sp³-hybridized carbons (Fsp3) is 0.381. The number of allylic oxidation sites excluding steroid dienone is 2. The summed E-state index contributed by atoms with van der Waals surface area (Å²) >= 11 is 0. The van der Waals surface area contributed by atoms with E-state index in [2.05, 4.69) is 28.1 Å². The highest BCUT2D eigenvalue weighted by atomic mass is 16.5. The van der Waals surface area contributed by atoms with E-state index in [1.807, 2.05) is 18.2 Å². The monoisotopic (exact) mass is 336 g/mol. The molecule has 2 heterocycles. The highest BCUT2D eigenvalue weighted by Crippen LogP contribution is 2.37. The lowest BCUT2D eigenvalue weighted by atomic mass is 9.93. The van der Waals surface area contributed by atoms with Crippen LogP contribution in [-0.4, -0.2) is 34.7 Å². The van der Waals surface area contributed by atoms with Crippen molar-refractivity contribution in [1.82, 2.24) is 9.88 Å². The van der Waals surface area contributed by atoms with Crippen molar-refractivity contribution in [2.75, 3.05) is 19.7 Å². The Bertz CT molecular complexity index is 758. The third-order valence-corrected chi connectivity index (χ3v) is 5.05. The highest BCUT2D eigenvalue weighted by Gasteiger charge is 2.22. The molecule has 0 spiro atoms. The van der Waals surface area contributed by atoms with E-state index in [0.29, 0.717) is 12.4 Å². The molecule has 0 saturated carbocycles. The van der Waals surface area contributed by atoms with Crippen LogP contribution in [0, 0.1) is 5.92 Å². The number of nitrogens with zero attached hydrogens (tertiary/aromatic N) is 2. The van der Waals surface area contributed by atoms with Gasteiger partial charge >= 0.3 is 0 Å². The van der Waals surface area contributed by atoms with E-state index in [1.165, 1.54) is 19.3 Å². The molecule has 4 nitrogen and oxygen atoms in total. The number of aromatic hydroxyl groups is 1. The van der Waals surface area contributed by atoms with Crippen LogP contribution in [0.3, 0.4) is 0 Å². The number of benzene rings is 1. The van der Waals surface area contributed by atoms with Crippen LogP contribution >= 0.6 is 0 Å². The first-order valence-electron chi connectivity index (χ1n) is 9.07. The molecule has 25 heavy (non-hydrogen) atoms. The van der Waals surface area contributed by atoms with Gasteiger partial charge in [-0.3, -0.25) is 9.88 Å². The Kier molecular flexibility index (Phi) is 4.70. The number of aromatic nitrogens is 1. The van der Waals surface area contributed by atoms with Gasteiger partial charge in [0.15, 0.2) is 11.5 Å². The lowest BCUT2D eigenvalue weighted by molar-refractivity contribution is 0.192. The molecule has 1 N–H and O–H groups in total. The number of phenolic OH excluding ortho intramolecular Hbond substituents is 1. The SMILES string of the molecule is Oc1cc(-c2ccccn2)cc2c1OCCN(C[C@H]1CC=CCC1)C2. The van der Waals surface area contributed by atoms with Crippen LogP contribution in [0.25, 0.3) is 11.3 Å². The lowest BCUT2D eigenvalue weighted by Crippen LogP contribution is -2.31. The third kappa shape index (κ3) is 3.69. The van der Waals surface area contributed by atoms with Crippen LogP contribution in [0.4, 0.5) is 0 Å². The summed E-state index contributed by atoms with van der Waals surface area (Å²) in [5, 5.41) is 10.5. The maximum absolute atomic E-state index is 10.5. The van der Waals surface area contributed by atoms with Gasteiger partial charge < -0.3 is 9.84 Å². The minimum Gasteiger partial charge on any atom is -0.504 e. The van der Waals surface area contributed by atoms with Gasteiger partial charge in [-0.1, -0.05) is 18.2 Å². The maximum Gasteiger partial charge on any atom is 0.165 e. The highest BCUT2D eigenvalue weighted by molar-refractivity contribution is 5.66. The summed E-state index contributed by atoms with van der Waals surface area (Å²) in [5.41, 5.74) is 2.85. The van der Waals surface area contributed by atoms with Crippen molar-refractivity contribution in [3.05, 3.63) is 54.2 Å². The molecule has 2 aromatic rings. The van der Waals surface area contributed by atoms with Crippen molar-refractivity contribution in [3.63, 3.8) is 0 Å². The smallest absolute Gasteiger partial charge is 0.165 e. The summed E-state index contributed by atoms with van der Waals surface area (Å²) in [5.74, 6) is 1.56. The molecule has 4 heteroatoms. The fourth-order valence-corrected chi connectivity index (χ4v) is 3.78. The molecule has 0 fully saturated rings. The summed E-state index contributed by atoms with van der Waals surface area (Å²) in [6.07, 6.45) is 9.99. The van der Waals surface area contributed by atoms with Crippen molar-refractivity contribution >= 4 is 0 Å². The molecule has 1 atom stereocenters. The predicted molar refractivity (Wildman–Crippen MR) is 98.6 cm³/mol. The Labute approximate surface area is 148 Å². The van der Waals surface area contributed by atoms with Crippen molar-refractivity contribution < 1.29 is 9.84 Å².